The van der Waals surface area contributed by atoms with Crippen LogP contribution in [0.25, 0.3) is 11.4 Å². The molecule has 0 saturated heterocycles. The number of benzene rings is 1. The van der Waals surface area contributed by atoms with Crippen LogP contribution >= 0.6 is 0 Å². The van der Waals surface area contributed by atoms with Crippen LogP contribution in [0.5, 0.6) is 0 Å². The summed E-state index contributed by atoms with van der Waals surface area (Å²) in [6.45, 7) is 6.75. The van der Waals surface area contributed by atoms with Gasteiger partial charge in [-0.2, -0.15) is 0 Å². The zero-order chi connectivity index (χ0) is 12.6. The first kappa shape index (κ1) is 11.9. The molecule has 2 rings (SSSR count). The Kier molecular flexibility index (Phi) is 3.03. The van der Waals surface area contributed by atoms with Gasteiger partial charge in [0.1, 0.15) is 5.82 Å². The molecule has 0 fully saturated rings. The lowest BCUT2D eigenvalue weighted by molar-refractivity contribution is 0.822. The van der Waals surface area contributed by atoms with Crippen LogP contribution in [-0.4, -0.2) is 9.55 Å². The summed E-state index contributed by atoms with van der Waals surface area (Å²) in [6.07, 6.45) is 0. The predicted molar refractivity (Wildman–Crippen MR) is 70.7 cm³/mol. The Labute approximate surface area is 102 Å². The standard InChI is InChI=1S/C14H19N3/c1-9-5-6-10(2)12(7-9)14-16-11(3)13(8-15)17(14)4/h5-7H,8,15H2,1-4H3. The Hall–Kier alpha value is -1.61. The summed E-state index contributed by atoms with van der Waals surface area (Å²) in [4.78, 5) is 4.64. The zero-order valence-electron chi connectivity index (χ0n) is 10.9. The van der Waals surface area contributed by atoms with Gasteiger partial charge in [-0.05, 0) is 32.4 Å². The lowest BCUT2D eigenvalue weighted by Gasteiger charge is -2.08. The van der Waals surface area contributed by atoms with Gasteiger partial charge in [0.05, 0.1) is 11.4 Å². The van der Waals surface area contributed by atoms with Crippen LogP contribution in [0.3, 0.4) is 0 Å². The third-order valence-electron chi connectivity index (χ3n) is 3.24. The van der Waals surface area contributed by atoms with Gasteiger partial charge in [0.2, 0.25) is 0 Å². The average molecular weight is 229 g/mol. The van der Waals surface area contributed by atoms with E-state index in [1.807, 2.05) is 14.0 Å². The highest BCUT2D eigenvalue weighted by molar-refractivity contribution is 5.62. The van der Waals surface area contributed by atoms with Gasteiger partial charge in [0.25, 0.3) is 0 Å². The van der Waals surface area contributed by atoms with E-state index in [2.05, 4.69) is 41.6 Å². The monoisotopic (exact) mass is 229 g/mol. The highest BCUT2D eigenvalue weighted by atomic mass is 15.1. The summed E-state index contributed by atoms with van der Waals surface area (Å²) in [5.74, 6) is 1.00. The molecule has 17 heavy (non-hydrogen) atoms. The molecule has 1 aromatic heterocycles. The van der Waals surface area contributed by atoms with Gasteiger partial charge in [-0.1, -0.05) is 17.7 Å². The number of hydrogen-bond donors (Lipinski definition) is 1. The van der Waals surface area contributed by atoms with Crippen LogP contribution in [0.15, 0.2) is 18.2 Å². The van der Waals surface area contributed by atoms with Crippen molar-refractivity contribution in [1.82, 2.24) is 9.55 Å². The quantitative estimate of drug-likeness (QED) is 0.859. The fraction of sp³-hybridized carbons (Fsp3) is 0.357. The van der Waals surface area contributed by atoms with Crippen LogP contribution < -0.4 is 5.73 Å². The number of nitrogens with zero attached hydrogens (tertiary/aromatic N) is 2. The lowest BCUT2D eigenvalue weighted by atomic mass is 10.1. The van der Waals surface area contributed by atoms with E-state index < -0.39 is 0 Å². The highest BCUT2D eigenvalue weighted by Gasteiger charge is 2.13. The van der Waals surface area contributed by atoms with E-state index in [0.717, 1.165) is 17.2 Å². The molecule has 1 heterocycles. The van der Waals surface area contributed by atoms with E-state index in [0.29, 0.717) is 6.54 Å². The van der Waals surface area contributed by atoms with Crippen molar-refractivity contribution in [3.05, 3.63) is 40.7 Å². The van der Waals surface area contributed by atoms with Crippen LogP contribution in [0.4, 0.5) is 0 Å². The predicted octanol–water partition coefficient (Wildman–Crippen LogP) is 2.47. The Balaban J connectivity index is 2.64. The topological polar surface area (TPSA) is 43.8 Å². The highest BCUT2D eigenvalue weighted by Crippen LogP contribution is 2.25. The van der Waals surface area contributed by atoms with Crippen molar-refractivity contribution in [2.24, 2.45) is 12.8 Å². The second-order valence-corrected chi connectivity index (χ2v) is 4.55. The van der Waals surface area contributed by atoms with Crippen molar-refractivity contribution in [3.63, 3.8) is 0 Å². The summed E-state index contributed by atoms with van der Waals surface area (Å²) in [5, 5.41) is 0. The molecule has 0 atom stereocenters. The second-order valence-electron chi connectivity index (χ2n) is 4.55. The molecule has 0 bridgehead atoms. The number of nitrogens with two attached hydrogens (primary N) is 1. The molecule has 0 saturated carbocycles. The van der Waals surface area contributed by atoms with E-state index in [-0.39, 0.29) is 0 Å². The zero-order valence-corrected chi connectivity index (χ0v) is 10.9. The molecular weight excluding hydrogens is 210 g/mol. The summed E-state index contributed by atoms with van der Waals surface area (Å²) in [6, 6.07) is 6.44. The van der Waals surface area contributed by atoms with Crippen molar-refractivity contribution >= 4 is 0 Å². The molecule has 0 unspecified atom stereocenters. The molecule has 0 aliphatic carbocycles. The fourth-order valence-electron chi connectivity index (χ4n) is 2.17. The number of hydrogen-bond acceptors (Lipinski definition) is 2. The lowest BCUT2D eigenvalue weighted by Crippen LogP contribution is -2.05. The minimum absolute atomic E-state index is 0.528. The summed E-state index contributed by atoms with van der Waals surface area (Å²) in [7, 11) is 2.03. The summed E-state index contributed by atoms with van der Waals surface area (Å²) < 4.78 is 2.09. The Morgan fingerprint density at radius 1 is 1.24 bits per heavy atom. The van der Waals surface area contributed by atoms with E-state index >= 15 is 0 Å². The van der Waals surface area contributed by atoms with E-state index in [9.17, 15) is 0 Å². The van der Waals surface area contributed by atoms with E-state index in [1.54, 1.807) is 0 Å². The van der Waals surface area contributed by atoms with Crippen LogP contribution in [0.2, 0.25) is 0 Å². The maximum Gasteiger partial charge on any atom is 0.140 e. The first-order valence-corrected chi connectivity index (χ1v) is 5.84. The van der Waals surface area contributed by atoms with Crippen LogP contribution in [-0.2, 0) is 13.6 Å². The Morgan fingerprint density at radius 3 is 2.53 bits per heavy atom. The molecule has 3 nitrogen and oxygen atoms in total. The minimum atomic E-state index is 0.528. The molecule has 0 radical (unpaired) electrons. The molecule has 0 spiro atoms. The molecule has 2 aromatic rings. The van der Waals surface area contributed by atoms with Gasteiger partial charge in [0.15, 0.2) is 0 Å². The first-order chi connectivity index (χ1) is 8.04. The molecule has 1 aromatic carbocycles. The Morgan fingerprint density at radius 2 is 1.94 bits per heavy atom. The van der Waals surface area contributed by atoms with Crippen molar-refractivity contribution in [3.8, 4) is 11.4 Å². The number of imidazole rings is 1. The normalized spacial score (nSPS) is 10.9. The number of aromatic nitrogens is 2. The average Bonchev–Trinajstić information content (AvgIpc) is 2.57. The van der Waals surface area contributed by atoms with Gasteiger partial charge in [-0.15, -0.1) is 0 Å². The summed E-state index contributed by atoms with van der Waals surface area (Å²) in [5.41, 5.74) is 11.6. The largest absolute Gasteiger partial charge is 0.330 e. The van der Waals surface area contributed by atoms with E-state index in [1.165, 1.54) is 16.7 Å². The fourth-order valence-corrected chi connectivity index (χ4v) is 2.17. The third kappa shape index (κ3) is 1.98. The van der Waals surface area contributed by atoms with Gasteiger partial charge in [0, 0.05) is 19.2 Å². The van der Waals surface area contributed by atoms with Gasteiger partial charge in [-0.25, -0.2) is 4.98 Å². The molecule has 2 N–H and O–H groups in total. The molecule has 3 heteroatoms. The SMILES string of the molecule is Cc1ccc(C)c(-c2nc(C)c(CN)n2C)c1. The molecular formula is C14H19N3. The molecule has 0 aliphatic rings. The molecule has 90 valence electrons. The molecule has 0 amide bonds. The third-order valence-corrected chi connectivity index (χ3v) is 3.24. The number of rotatable bonds is 2. The van der Waals surface area contributed by atoms with Gasteiger partial charge >= 0.3 is 0 Å². The molecule has 0 aliphatic heterocycles. The first-order valence-electron chi connectivity index (χ1n) is 5.84. The van der Waals surface area contributed by atoms with E-state index in [4.69, 9.17) is 5.73 Å². The smallest absolute Gasteiger partial charge is 0.140 e. The minimum Gasteiger partial charge on any atom is -0.330 e. The number of aryl methyl sites for hydroxylation is 3. The van der Waals surface area contributed by atoms with Crippen LogP contribution in [0, 0.1) is 20.8 Å². The maximum atomic E-state index is 5.75. The van der Waals surface area contributed by atoms with Gasteiger partial charge in [-0.3, -0.25) is 0 Å². The van der Waals surface area contributed by atoms with Crippen molar-refractivity contribution < 1.29 is 0 Å². The maximum absolute atomic E-state index is 5.75. The summed E-state index contributed by atoms with van der Waals surface area (Å²) >= 11 is 0. The van der Waals surface area contributed by atoms with Crippen molar-refractivity contribution in [2.45, 2.75) is 27.3 Å². The van der Waals surface area contributed by atoms with Crippen molar-refractivity contribution in [1.29, 1.82) is 0 Å². The van der Waals surface area contributed by atoms with Crippen LogP contribution in [0.1, 0.15) is 22.5 Å². The Bertz CT molecular complexity index is 553. The second kappa shape index (κ2) is 4.34. The van der Waals surface area contributed by atoms with Gasteiger partial charge < -0.3 is 10.3 Å². The van der Waals surface area contributed by atoms with Crippen molar-refractivity contribution in [2.75, 3.05) is 0 Å².